The van der Waals surface area contributed by atoms with Crippen LogP contribution in [0, 0.1) is 0 Å². The monoisotopic (exact) mass is 150 g/mol. The van der Waals surface area contributed by atoms with Crippen LogP contribution < -0.4 is 0 Å². The second-order valence-electron chi connectivity index (χ2n) is 1.61. The summed E-state index contributed by atoms with van der Waals surface area (Å²) in [7, 11) is 0. The molecule has 1 aliphatic rings. The highest BCUT2D eigenvalue weighted by Crippen LogP contribution is 1.87. The smallest absolute Gasteiger partial charge is 0.152 e. The van der Waals surface area contributed by atoms with Crippen molar-refractivity contribution in [2.45, 2.75) is 0 Å². The average Bonchev–Trinajstić information content (AvgIpc) is 2.01. The summed E-state index contributed by atoms with van der Waals surface area (Å²) in [6, 6.07) is 0. The summed E-state index contributed by atoms with van der Waals surface area (Å²) in [4.78, 5) is 0. The fourth-order valence-corrected chi connectivity index (χ4v) is 0.465. The third kappa shape index (κ3) is 3.76. The van der Waals surface area contributed by atoms with Crippen LogP contribution >= 0.6 is 0 Å². The molecule has 0 aromatic heterocycles. The molecule has 0 spiro atoms. The van der Waals surface area contributed by atoms with Crippen molar-refractivity contribution in [1.82, 2.24) is 0 Å². The summed E-state index contributed by atoms with van der Waals surface area (Å²) in [5.41, 5.74) is 0. The Kier molecular flexibility index (Phi) is 4.41. The number of hydrogen-bond acceptors (Lipinski definition) is 5. The first-order chi connectivity index (χ1) is 5.00. The van der Waals surface area contributed by atoms with Gasteiger partial charge >= 0.3 is 0 Å². The third-order valence-corrected chi connectivity index (χ3v) is 0.833. The molecular weight excluding hydrogens is 140 g/mol. The zero-order valence-electron chi connectivity index (χ0n) is 5.58. The fraction of sp³-hybridized carbons (Fsp3) is 1.00. The van der Waals surface area contributed by atoms with Gasteiger partial charge in [0, 0.05) is 0 Å². The molecule has 5 heteroatoms. The van der Waals surface area contributed by atoms with Crippen LogP contribution in [-0.4, -0.2) is 34.0 Å². The first-order valence-corrected chi connectivity index (χ1v) is 2.89. The van der Waals surface area contributed by atoms with Crippen molar-refractivity contribution in [1.29, 1.82) is 0 Å². The number of hydrogen-bond donors (Lipinski definition) is 0. The van der Waals surface area contributed by atoms with Gasteiger partial charge in [-0.25, -0.2) is 0 Å². The van der Waals surface area contributed by atoms with E-state index in [0.29, 0.717) is 0 Å². The highest BCUT2D eigenvalue weighted by atomic mass is 16.8. The van der Waals surface area contributed by atoms with Crippen LogP contribution in [0.3, 0.4) is 0 Å². The van der Waals surface area contributed by atoms with E-state index >= 15 is 0 Å². The molecule has 0 bridgehead atoms. The normalized spacial score (nSPS) is 24.0. The maximum absolute atomic E-state index is 4.81. The molecule has 60 valence electrons. The molecule has 1 heterocycles. The third-order valence-electron chi connectivity index (χ3n) is 0.833. The lowest BCUT2D eigenvalue weighted by Gasteiger charge is -2.10. The van der Waals surface area contributed by atoms with Crippen molar-refractivity contribution in [2.75, 3.05) is 34.0 Å². The topological polar surface area (TPSA) is 46.2 Å². The van der Waals surface area contributed by atoms with E-state index in [9.17, 15) is 0 Å². The van der Waals surface area contributed by atoms with E-state index in [0.717, 1.165) is 0 Å². The van der Waals surface area contributed by atoms with Crippen LogP contribution in [0.1, 0.15) is 0 Å². The van der Waals surface area contributed by atoms with Crippen molar-refractivity contribution in [2.24, 2.45) is 0 Å². The summed E-state index contributed by atoms with van der Waals surface area (Å²) >= 11 is 0. The van der Waals surface area contributed by atoms with Crippen LogP contribution in [0.15, 0.2) is 0 Å². The average molecular weight is 150 g/mol. The zero-order chi connectivity index (χ0) is 7.07. The van der Waals surface area contributed by atoms with E-state index in [2.05, 4.69) is 0 Å². The fourth-order valence-electron chi connectivity index (χ4n) is 0.465. The van der Waals surface area contributed by atoms with Gasteiger partial charge in [0.1, 0.15) is 0 Å². The van der Waals surface area contributed by atoms with Crippen molar-refractivity contribution in [3.63, 3.8) is 0 Å². The largest absolute Gasteiger partial charge is 0.329 e. The Labute approximate surface area is 58.8 Å². The molecule has 0 N–H and O–H groups in total. The van der Waals surface area contributed by atoms with Crippen LogP contribution in [-0.2, 0) is 23.7 Å². The molecule has 0 aromatic carbocycles. The standard InChI is InChI=1S/C5H10O5/c1-6-2-8-4-10-5-9-3-7-1/h1-5H2. The van der Waals surface area contributed by atoms with Gasteiger partial charge in [0.2, 0.25) is 0 Å². The molecule has 0 unspecified atom stereocenters. The zero-order valence-corrected chi connectivity index (χ0v) is 5.58. The predicted molar refractivity (Wildman–Crippen MR) is 29.8 cm³/mol. The van der Waals surface area contributed by atoms with Crippen LogP contribution in [0.5, 0.6) is 0 Å². The summed E-state index contributed by atoms with van der Waals surface area (Å²) in [5.74, 6) is 0. The second-order valence-corrected chi connectivity index (χ2v) is 1.61. The molecule has 0 amide bonds. The van der Waals surface area contributed by atoms with Gasteiger partial charge in [-0.15, -0.1) is 0 Å². The first kappa shape index (κ1) is 7.90. The highest BCUT2D eigenvalue weighted by Gasteiger charge is 1.93. The minimum atomic E-state index is 0.194. The molecule has 0 aliphatic carbocycles. The molecule has 1 rings (SSSR count). The van der Waals surface area contributed by atoms with Gasteiger partial charge in [-0.1, -0.05) is 0 Å². The number of ether oxygens (including phenoxy) is 5. The van der Waals surface area contributed by atoms with E-state index in [1.165, 1.54) is 0 Å². The predicted octanol–water partition coefficient (Wildman–Crippen LogP) is -0.129. The first-order valence-electron chi connectivity index (χ1n) is 2.89. The molecule has 10 heavy (non-hydrogen) atoms. The summed E-state index contributed by atoms with van der Waals surface area (Å²) in [6.07, 6.45) is 0. The molecule has 1 fully saturated rings. The Morgan fingerprint density at radius 2 is 0.600 bits per heavy atom. The van der Waals surface area contributed by atoms with E-state index in [1.807, 2.05) is 0 Å². The lowest BCUT2D eigenvalue weighted by molar-refractivity contribution is -0.247. The Hall–Kier alpha value is -0.200. The van der Waals surface area contributed by atoms with E-state index < -0.39 is 0 Å². The van der Waals surface area contributed by atoms with Crippen molar-refractivity contribution < 1.29 is 23.7 Å². The van der Waals surface area contributed by atoms with Gasteiger partial charge in [0.05, 0.1) is 0 Å². The van der Waals surface area contributed by atoms with Crippen molar-refractivity contribution >= 4 is 0 Å². The Balaban J connectivity index is 2.00. The van der Waals surface area contributed by atoms with E-state index in [1.54, 1.807) is 0 Å². The SMILES string of the molecule is C1OCOCOCOCO1. The van der Waals surface area contributed by atoms with Gasteiger partial charge in [-0.3, -0.25) is 0 Å². The Morgan fingerprint density at radius 3 is 0.800 bits per heavy atom. The van der Waals surface area contributed by atoms with Gasteiger partial charge in [0.15, 0.2) is 34.0 Å². The van der Waals surface area contributed by atoms with Crippen molar-refractivity contribution in [3.8, 4) is 0 Å². The highest BCUT2D eigenvalue weighted by molar-refractivity contribution is 4.09. The number of rotatable bonds is 0. The van der Waals surface area contributed by atoms with Crippen LogP contribution in [0.25, 0.3) is 0 Å². The van der Waals surface area contributed by atoms with Gasteiger partial charge in [-0.2, -0.15) is 0 Å². The lowest BCUT2D eigenvalue weighted by Crippen LogP contribution is -2.14. The quantitative estimate of drug-likeness (QED) is 0.481. The van der Waals surface area contributed by atoms with Gasteiger partial charge < -0.3 is 23.7 Å². The van der Waals surface area contributed by atoms with Gasteiger partial charge in [-0.05, 0) is 0 Å². The molecule has 0 radical (unpaired) electrons. The molecule has 0 atom stereocenters. The van der Waals surface area contributed by atoms with Crippen LogP contribution in [0.4, 0.5) is 0 Å². The molecule has 1 aliphatic heterocycles. The Morgan fingerprint density at radius 1 is 0.400 bits per heavy atom. The maximum atomic E-state index is 4.81. The lowest BCUT2D eigenvalue weighted by atomic mass is 11.2. The molecule has 5 nitrogen and oxygen atoms in total. The minimum absolute atomic E-state index is 0.194. The molecular formula is C5H10O5. The van der Waals surface area contributed by atoms with E-state index in [-0.39, 0.29) is 34.0 Å². The van der Waals surface area contributed by atoms with E-state index in [4.69, 9.17) is 23.7 Å². The summed E-state index contributed by atoms with van der Waals surface area (Å²) in [6.45, 7) is 0.972. The second kappa shape index (κ2) is 5.57. The minimum Gasteiger partial charge on any atom is -0.329 e. The molecule has 1 saturated heterocycles. The van der Waals surface area contributed by atoms with Gasteiger partial charge in [0.25, 0.3) is 0 Å². The summed E-state index contributed by atoms with van der Waals surface area (Å²) in [5, 5.41) is 0. The Bertz CT molecular complexity index is 43.2. The molecule has 0 aromatic rings. The van der Waals surface area contributed by atoms with Crippen LogP contribution in [0.2, 0.25) is 0 Å². The summed E-state index contributed by atoms with van der Waals surface area (Å²) < 4.78 is 24.0. The van der Waals surface area contributed by atoms with Crippen molar-refractivity contribution in [3.05, 3.63) is 0 Å². The molecule has 0 saturated carbocycles. The maximum Gasteiger partial charge on any atom is 0.152 e.